The van der Waals surface area contributed by atoms with Crippen LogP contribution in [-0.2, 0) is 0 Å². The molecule has 2 heterocycles. The minimum atomic E-state index is 0.562. The summed E-state index contributed by atoms with van der Waals surface area (Å²) in [6, 6.07) is 9.17. The maximum Gasteiger partial charge on any atom is 0.240 e. The number of benzene rings is 1. The Bertz CT molecular complexity index is 668. The van der Waals surface area contributed by atoms with Crippen molar-refractivity contribution in [3.63, 3.8) is 0 Å². The molecule has 0 atom stereocenters. The normalized spacial score (nSPS) is 10.6. The zero-order valence-electron chi connectivity index (χ0n) is 8.63. The maximum absolute atomic E-state index is 5.90. The first-order chi connectivity index (χ1) is 8.33. The van der Waals surface area contributed by atoms with E-state index in [1.807, 2.05) is 23.6 Å². The van der Waals surface area contributed by atoms with E-state index in [1.165, 1.54) is 6.33 Å². The van der Waals surface area contributed by atoms with Crippen molar-refractivity contribution in [2.24, 2.45) is 0 Å². The van der Waals surface area contributed by atoms with Crippen molar-refractivity contribution < 1.29 is 4.74 Å². The fourth-order valence-corrected chi connectivity index (χ4v) is 2.43. The summed E-state index contributed by atoms with van der Waals surface area (Å²) in [7, 11) is 0. The van der Waals surface area contributed by atoms with Crippen LogP contribution >= 0.6 is 22.9 Å². The van der Waals surface area contributed by atoms with Gasteiger partial charge in [-0.2, -0.15) is 0 Å². The monoisotopic (exact) mass is 262 g/mol. The maximum atomic E-state index is 5.90. The summed E-state index contributed by atoms with van der Waals surface area (Å²) in [5, 5.41) is 2.60. The highest BCUT2D eigenvalue weighted by atomic mass is 35.5. The lowest BCUT2D eigenvalue weighted by molar-refractivity contribution is 0.469. The van der Waals surface area contributed by atoms with Crippen molar-refractivity contribution in [2.45, 2.75) is 0 Å². The second kappa shape index (κ2) is 4.31. The lowest BCUT2D eigenvalue weighted by Gasteiger charge is -2.04. The number of rotatable bonds is 2. The Labute approximate surface area is 107 Å². The number of fused-ring (bicyclic) bond motifs is 1. The third-order valence-electron chi connectivity index (χ3n) is 2.22. The minimum Gasteiger partial charge on any atom is -0.437 e. The second-order valence-electron chi connectivity index (χ2n) is 3.37. The summed E-state index contributed by atoms with van der Waals surface area (Å²) in [4.78, 5) is 8.29. The number of nitrogens with zero attached hydrogens (tertiary/aromatic N) is 2. The van der Waals surface area contributed by atoms with Crippen LogP contribution in [0.15, 0.2) is 42.0 Å². The number of hydrogen-bond acceptors (Lipinski definition) is 4. The molecule has 0 unspecified atom stereocenters. The standard InChI is InChI=1S/C12H7ClN2OS/c13-8-2-1-3-9(6-8)16-12-11-10(4-5-17-11)14-7-15-12/h1-7H. The van der Waals surface area contributed by atoms with E-state index < -0.39 is 0 Å². The van der Waals surface area contributed by atoms with Gasteiger partial charge in [0, 0.05) is 5.02 Å². The van der Waals surface area contributed by atoms with Gasteiger partial charge in [0.2, 0.25) is 5.88 Å². The van der Waals surface area contributed by atoms with Crippen molar-refractivity contribution in [1.82, 2.24) is 9.97 Å². The molecule has 0 aliphatic heterocycles. The zero-order chi connectivity index (χ0) is 11.7. The topological polar surface area (TPSA) is 35.0 Å². The van der Waals surface area contributed by atoms with Crippen molar-refractivity contribution in [1.29, 1.82) is 0 Å². The lowest BCUT2D eigenvalue weighted by Crippen LogP contribution is -1.88. The highest BCUT2D eigenvalue weighted by Crippen LogP contribution is 2.31. The molecule has 3 nitrogen and oxygen atoms in total. The van der Waals surface area contributed by atoms with Crippen LogP contribution in [0.25, 0.3) is 10.2 Å². The van der Waals surface area contributed by atoms with Crippen molar-refractivity contribution in [3.05, 3.63) is 47.1 Å². The molecule has 0 N–H and O–H groups in total. The smallest absolute Gasteiger partial charge is 0.240 e. The molecule has 0 aliphatic rings. The van der Waals surface area contributed by atoms with Crippen LogP contribution in [0.3, 0.4) is 0 Å². The molecule has 0 amide bonds. The molecule has 0 saturated heterocycles. The van der Waals surface area contributed by atoms with Gasteiger partial charge >= 0.3 is 0 Å². The number of hydrogen-bond donors (Lipinski definition) is 0. The number of ether oxygens (including phenoxy) is 1. The van der Waals surface area contributed by atoms with Gasteiger partial charge < -0.3 is 4.74 Å². The number of aromatic nitrogens is 2. The second-order valence-corrected chi connectivity index (χ2v) is 4.73. The van der Waals surface area contributed by atoms with Gasteiger partial charge in [-0.05, 0) is 29.6 Å². The van der Waals surface area contributed by atoms with Crippen LogP contribution in [-0.4, -0.2) is 9.97 Å². The van der Waals surface area contributed by atoms with Gasteiger partial charge in [-0.3, -0.25) is 0 Å². The Morgan fingerprint density at radius 3 is 3.00 bits per heavy atom. The molecule has 1 aromatic carbocycles. The molecule has 0 fully saturated rings. The average molecular weight is 263 g/mol. The first-order valence-electron chi connectivity index (χ1n) is 4.94. The van der Waals surface area contributed by atoms with Crippen molar-refractivity contribution in [2.75, 3.05) is 0 Å². The molecular formula is C12H7ClN2OS. The predicted octanol–water partition coefficient (Wildman–Crippen LogP) is 4.14. The quantitative estimate of drug-likeness (QED) is 0.696. The van der Waals surface area contributed by atoms with E-state index >= 15 is 0 Å². The molecule has 0 spiro atoms. The first kappa shape index (κ1) is 10.5. The van der Waals surface area contributed by atoms with Crippen LogP contribution in [0.2, 0.25) is 5.02 Å². The van der Waals surface area contributed by atoms with E-state index in [-0.39, 0.29) is 0 Å². The van der Waals surface area contributed by atoms with Gasteiger partial charge in [-0.15, -0.1) is 11.3 Å². The summed E-state index contributed by atoms with van der Waals surface area (Å²) < 4.78 is 6.64. The molecule has 0 saturated carbocycles. The number of thiophene rings is 1. The Balaban J connectivity index is 2.02. The molecule has 3 rings (SSSR count). The van der Waals surface area contributed by atoms with Gasteiger partial charge in [0.1, 0.15) is 16.8 Å². The minimum absolute atomic E-state index is 0.562. The van der Waals surface area contributed by atoms with Gasteiger partial charge in [0.05, 0.1) is 5.52 Å². The van der Waals surface area contributed by atoms with Crippen LogP contribution in [0, 0.1) is 0 Å². The number of halogens is 1. The van der Waals surface area contributed by atoms with E-state index in [1.54, 1.807) is 23.5 Å². The Kier molecular flexibility index (Phi) is 2.66. The molecular weight excluding hydrogens is 256 g/mol. The fraction of sp³-hybridized carbons (Fsp3) is 0. The summed E-state index contributed by atoms with van der Waals surface area (Å²) in [6.07, 6.45) is 1.49. The lowest BCUT2D eigenvalue weighted by atomic mass is 10.3. The summed E-state index contributed by atoms with van der Waals surface area (Å²) in [5.41, 5.74) is 0.891. The SMILES string of the molecule is Clc1cccc(Oc2ncnc3ccsc23)c1. The molecule has 84 valence electrons. The van der Waals surface area contributed by atoms with Crippen molar-refractivity contribution in [3.8, 4) is 11.6 Å². The highest BCUT2D eigenvalue weighted by molar-refractivity contribution is 7.17. The molecule has 3 aromatic rings. The Hall–Kier alpha value is -1.65. The van der Waals surface area contributed by atoms with E-state index in [0.29, 0.717) is 16.7 Å². The summed E-state index contributed by atoms with van der Waals surface area (Å²) in [6.45, 7) is 0. The van der Waals surface area contributed by atoms with Crippen LogP contribution in [0.5, 0.6) is 11.6 Å². The fourth-order valence-electron chi connectivity index (χ4n) is 1.48. The van der Waals surface area contributed by atoms with Gasteiger partial charge in [0.25, 0.3) is 0 Å². The summed E-state index contributed by atoms with van der Waals surface area (Å²) >= 11 is 7.45. The van der Waals surface area contributed by atoms with E-state index in [2.05, 4.69) is 9.97 Å². The Morgan fingerprint density at radius 2 is 2.12 bits per heavy atom. The average Bonchev–Trinajstić information content (AvgIpc) is 2.78. The molecule has 0 bridgehead atoms. The van der Waals surface area contributed by atoms with Gasteiger partial charge in [0.15, 0.2) is 0 Å². The summed E-state index contributed by atoms with van der Waals surface area (Å²) in [5.74, 6) is 1.23. The molecule has 5 heteroatoms. The van der Waals surface area contributed by atoms with Gasteiger partial charge in [-0.1, -0.05) is 17.7 Å². The zero-order valence-corrected chi connectivity index (χ0v) is 10.2. The molecule has 2 aromatic heterocycles. The predicted molar refractivity (Wildman–Crippen MR) is 68.9 cm³/mol. The first-order valence-corrected chi connectivity index (χ1v) is 6.20. The molecule has 17 heavy (non-hydrogen) atoms. The largest absolute Gasteiger partial charge is 0.437 e. The molecule has 0 aliphatic carbocycles. The van der Waals surface area contributed by atoms with Crippen molar-refractivity contribution >= 4 is 33.2 Å². The third-order valence-corrected chi connectivity index (χ3v) is 3.35. The van der Waals surface area contributed by atoms with E-state index in [4.69, 9.17) is 16.3 Å². The van der Waals surface area contributed by atoms with Gasteiger partial charge in [-0.25, -0.2) is 9.97 Å². The van der Waals surface area contributed by atoms with Crippen LogP contribution < -0.4 is 4.74 Å². The van der Waals surface area contributed by atoms with Crippen LogP contribution in [0.1, 0.15) is 0 Å². The third kappa shape index (κ3) is 2.09. The molecule has 0 radical (unpaired) electrons. The van der Waals surface area contributed by atoms with E-state index in [9.17, 15) is 0 Å². The van der Waals surface area contributed by atoms with E-state index in [0.717, 1.165) is 10.2 Å². The Morgan fingerprint density at radius 1 is 1.18 bits per heavy atom. The highest BCUT2D eigenvalue weighted by Gasteiger charge is 2.07. The van der Waals surface area contributed by atoms with Crippen LogP contribution in [0.4, 0.5) is 0 Å².